The van der Waals surface area contributed by atoms with E-state index in [0.29, 0.717) is 49.3 Å². The van der Waals surface area contributed by atoms with Gasteiger partial charge in [-0.15, -0.1) is 0 Å². The van der Waals surface area contributed by atoms with Crippen LogP contribution in [0, 0.1) is 0 Å². The van der Waals surface area contributed by atoms with E-state index in [4.69, 9.17) is 24.7 Å². The molecule has 0 spiro atoms. The highest BCUT2D eigenvalue weighted by Gasteiger charge is 2.24. The largest absolute Gasteiger partial charge is 0.489 e. The number of nitrogen functional groups attached to an aromatic ring is 1. The number of benzene rings is 1. The van der Waals surface area contributed by atoms with Crippen molar-refractivity contribution in [2.75, 3.05) is 44.1 Å². The van der Waals surface area contributed by atoms with Gasteiger partial charge in [-0.3, -0.25) is 4.79 Å². The molecule has 1 fully saturated rings. The number of ether oxygens (including phenoxy) is 4. The van der Waals surface area contributed by atoms with Gasteiger partial charge in [0.05, 0.1) is 44.4 Å². The number of fused-ring (bicyclic) bond motifs is 1. The molecule has 1 amide bonds. The van der Waals surface area contributed by atoms with E-state index in [1.165, 1.54) is 0 Å². The quantitative estimate of drug-likeness (QED) is 0.783. The van der Waals surface area contributed by atoms with Crippen LogP contribution in [0.15, 0.2) is 12.1 Å². The first-order valence-electron chi connectivity index (χ1n) is 6.93. The maximum atomic E-state index is 12.1. The van der Waals surface area contributed by atoms with Crippen LogP contribution >= 0.6 is 0 Å². The summed E-state index contributed by atoms with van der Waals surface area (Å²) in [5.74, 6) is 0.897. The molecule has 21 heavy (non-hydrogen) atoms. The summed E-state index contributed by atoms with van der Waals surface area (Å²) in [6.45, 7) is 2.33. The number of carbonyl (C=O) groups excluding carboxylic acids is 1. The van der Waals surface area contributed by atoms with Gasteiger partial charge in [-0.2, -0.15) is 0 Å². The average Bonchev–Trinajstić information content (AvgIpc) is 2.73. The lowest BCUT2D eigenvalue weighted by Gasteiger charge is -2.22. The molecule has 2 aliphatic rings. The van der Waals surface area contributed by atoms with Crippen LogP contribution in [0.4, 0.5) is 11.4 Å². The molecule has 3 rings (SSSR count). The molecule has 7 heteroatoms. The summed E-state index contributed by atoms with van der Waals surface area (Å²) in [5, 5.41) is 2.75. The molecule has 0 aromatic heterocycles. The number of anilines is 2. The number of nitrogens with two attached hydrogens (primary N) is 1. The fourth-order valence-electron chi connectivity index (χ4n) is 2.19. The maximum absolute atomic E-state index is 12.1. The van der Waals surface area contributed by atoms with Gasteiger partial charge in [-0.05, 0) is 0 Å². The molecule has 3 N–H and O–H groups in total. The molecular weight excluding hydrogens is 276 g/mol. The first-order chi connectivity index (χ1) is 10.2. The van der Waals surface area contributed by atoms with Gasteiger partial charge >= 0.3 is 0 Å². The molecule has 0 radical (unpaired) electrons. The third-order valence-corrected chi connectivity index (χ3v) is 3.29. The summed E-state index contributed by atoms with van der Waals surface area (Å²) >= 11 is 0. The smallest absolute Gasteiger partial charge is 0.255 e. The Morgan fingerprint density at radius 1 is 1.14 bits per heavy atom. The second-order valence-electron chi connectivity index (χ2n) is 4.86. The summed E-state index contributed by atoms with van der Waals surface area (Å²) in [6.07, 6.45) is 0.193. The van der Waals surface area contributed by atoms with Crippen LogP contribution in [-0.2, 0) is 14.3 Å². The van der Waals surface area contributed by atoms with Crippen molar-refractivity contribution in [3.63, 3.8) is 0 Å². The third-order valence-electron chi connectivity index (χ3n) is 3.29. The van der Waals surface area contributed by atoms with E-state index in [2.05, 4.69) is 5.32 Å². The summed E-state index contributed by atoms with van der Waals surface area (Å²) < 4.78 is 21.7. The monoisotopic (exact) mass is 294 g/mol. The normalized spacial score (nSPS) is 21.4. The highest BCUT2D eigenvalue weighted by atomic mass is 16.6. The minimum absolute atomic E-state index is 0.246. The van der Waals surface area contributed by atoms with Crippen molar-refractivity contribution >= 4 is 17.3 Å². The predicted molar refractivity (Wildman–Crippen MR) is 75.7 cm³/mol. The molecule has 1 aromatic carbocycles. The molecule has 114 valence electrons. The van der Waals surface area contributed by atoms with Gasteiger partial charge in [0, 0.05) is 18.6 Å². The number of rotatable bonds is 2. The van der Waals surface area contributed by atoms with Gasteiger partial charge < -0.3 is 30.0 Å². The molecule has 0 aliphatic carbocycles. The fraction of sp³-hybridized carbons (Fsp3) is 0.500. The van der Waals surface area contributed by atoms with Crippen molar-refractivity contribution in [2.24, 2.45) is 0 Å². The van der Waals surface area contributed by atoms with Crippen LogP contribution in [0.1, 0.15) is 6.42 Å². The minimum Gasteiger partial charge on any atom is -0.489 e. The molecule has 1 aromatic rings. The number of carbonyl (C=O) groups is 1. The van der Waals surface area contributed by atoms with E-state index < -0.39 is 6.10 Å². The van der Waals surface area contributed by atoms with Crippen LogP contribution in [0.5, 0.6) is 11.5 Å². The Morgan fingerprint density at radius 2 is 1.90 bits per heavy atom. The second-order valence-corrected chi connectivity index (χ2v) is 4.86. The van der Waals surface area contributed by atoms with Crippen LogP contribution in [-0.4, -0.2) is 45.0 Å². The summed E-state index contributed by atoms with van der Waals surface area (Å²) in [5.41, 5.74) is 6.86. The highest BCUT2D eigenvalue weighted by molar-refractivity contribution is 5.97. The summed E-state index contributed by atoms with van der Waals surface area (Å²) in [6, 6.07) is 3.34. The summed E-state index contributed by atoms with van der Waals surface area (Å²) in [4.78, 5) is 12.1. The van der Waals surface area contributed by atoms with Crippen molar-refractivity contribution in [3.8, 4) is 11.5 Å². The lowest BCUT2D eigenvalue weighted by atomic mass is 10.2. The molecular formula is C14H18N2O5. The van der Waals surface area contributed by atoms with Crippen LogP contribution in [0.2, 0.25) is 0 Å². The average molecular weight is 294 g/mol. The van der Waals surface area contributed by atoms with Gasteiger partial charge in [-0.1, -0.05) is 0 Å². The Kier molecular flexibility index (Phi) is 4.12. The molecule has 0 bridgehead atoms. The van der Waals surface area contributed by atoms with Gasteiger partial charge in [-0.25, -0.2) is 0 Å². The van der Waals surface area contributed by atoms with Crippen molar-refractivity contribution in [2.45, 2.75) is 12.5 Å². The van der Waals surface area contributed by atoms with Crippen LogP contribution < -0.4 is 20.5 Å². The van der Waals surface area contributed by atoms with E-state index in [1.807, 2.05) is 0 Å². The van der Waals surface area contributed by atoms with Gasteiger partial charge in [0.1, 0.15) is 0 Å². The Labute approximate surface area is 122 Å². The zero-order valence-electron chi connectivity index (χ0n) is 11.6. The Morgan fingerprint density at radius 3 is 2.62 bits per heavy atom. The van der Waals surface area contributed by atoms with Crippen molar-refractivity contribution < 1.29 is 23.7 Å². The van der Waals surface area contributed by atoms with Crippen LogP contribution in [0.25, 0.3) is 0 Å². The molecule has 1 atom stereocenters. The molecule has 2 heterocycles. The molecule has 7 nitrogen and oxygen atoms in total. The van der Waals surface area contributed by atoms with Gasteiger partial charge in [0.15, 0.2) is 17.6 Å². The molecule has 0 saturated carbocycles. The fourth-order valence-corrected chi connectivity index (χ4v) is 2.19. The molecule has 2 aliphatic heterocycles. The van der Waals surface area contributed by atoms with Gasteiger partial charge in [0.2, 0.25) is 0 Å². The number of hydrogen-bond acceptors (Lipinski definition) is 6. The van der Waals surface area contributed by atoms with Crippen LogP contribution in [0.3, 0.4) is 0 Å². The number of hydrogen-bond donors (Lipinski definition) is 2. The van der Waals surface area contributed by atoms with E-state index in [1.54, 1.807) is 12.1 Å². The number of amides is 1. The Hall–Kier alpha value is -1.99. The SMILES string of the molecule is Nc1cc2c(cc1NC(=O)C1COCCO1)OCCCO2. The third kappa shape index (κ3) is 3.20. The van der Waals surface area contributed by atoms with Crippen molar-refractivity contribution in [1.29, 1.82) is 0 Å². The Balaban J connectivity index is 1.75. The predicted octanol–water partition coefficient (Wildman–Crippen LogP) is 0.784. The maximum Gasteiger partial charge on any atom is 0.255 e. The Bertz CT molecular complexity index is 528. The van der Waals surface area contributed by atoms with Crippen molar-refractivity contribution in [3.05, 3.63) is 12.1 Å². The topological polar surface area (TPSA) is 92.0 Å². The van der Waals surface area contributed by atoms with Crippen molar-refractivity contribution in [1.82, 2.24) is 0 Å². The molecule has 1 saturated heterocycles. The minimum atomic E-state index is -0.617. The second kappa shape index (κ2) is 6.19. The summed E-state index contributed by atoms with van der Waals surface area (Å²) in [7, 11) is 0. The van der Waals surface area contributed by atoms with E-state index in [9.17, 15) is 4.79 Å². The lowest BCUT2D eigenvalue weighted by Crippen LogP contribution is -2.39. The number of nitrogens with one attached hydrogen (secondary N) is 1. The first-order valence-corrected chi connectivity index (χ1v) is 6.93. The zero-order valence-corrected chi connectivity index (χ0v) is 11.6. The lowest BCUT2D eigenvalue weighted by molar-refractivity contribution is -0.142. The van der Waals surface area contributed by atoms with E-state index in [-0.39, 0.29) is 12.5 Å². The highest BCUT2D eigenvalue weighted by Crippen LogP contribution is 2.36. The zero-order chi connectivity index (χ0) is 14.7. The first kappa shape index (κ1) is 14.0. The van der Waals surface area contributed by atoms with E-state index >= 15 is 0 Å². The van der Waals surface area contributed by atoms with Gasteiger partial charge in [0.25, 0.3) is 5.91 Å². The van der Waals surface area contributed by atoms with E-state index in [0.717, 1.165) is 6.42 Å². The molecule has 1 unspecified atom stereocenters. The standard InChI is InChI=1S/C14H18N2O5/c15-9-6-11-12(20-3-1-2-19-11)7-10(9)16-14(17)13-8-18-4-5-21-13/h6-7,13H,1-5,8,15H2,(H,16,17).